The topological polar surface area (TPSA) is 34.9 Å². The lowest BCUT2D eigenvalue weighted by atomic mass is 10.2. The molecule has 0 fully saturated rings. The molecule has 0 amide bonds. The van der Waals surface area contributed by atoms with E-state index in [1.807, 2.05) is 37.5 Å². The van der Waals surface area contributed by atoms with Gasteiger partial charge in [0.15, 0.2) is 5.78 Å². The van der Waals surface area contributed by atoms with Crippen LogP contribution in [-0.4, -0.2) is 21.3 Å². The number of carbonyl (C=O) groups excluding carboxylic acids is 1. The molecule has 0 bridgehead atoms. The summed E-state index contributed by atoms with van der Waals surface area (Å²) in [6.45, 7) is 0. The molecule has 1 heterocycles. The van der Waals surface area contributed by atoms with E-state index < -0.39 is 0 Å². The Hall–Kier alpha value is -1.07. The maximum Gasteiger partial charge on any atom is 0.173 e. The molecule has 1 aromatic heterocycles. The lowest BCUT2D eigenvalue weighted by Gasteiger charge is -1.99. The third-order valence-corrected chi connectivity index (χ3v) is 3.70. The number of nitrogens with zero attached hydrogens (tertiary/aromatic N) is 2. The van der Waals surface area contributed by atoms with Gasteiger partial charge in [0.1, 0.15) is 0 Å². The van der Waals surface area contributed by atoms with E-state index >= 15 is 0 Å². The first-order chi connectivity index (χ1) is 8.15. The molecule has 3 nitrogen and oxygen atoms in total. The van der Waals surface area contributed by atoms with Crippen LogP contribution in [0.25, 0.3) is 0 Å². The molecule has 0 aliphatic carbocycles. The summed E-state index contributed by atoms with van der Waals surface area (Å²) in [7, 11) is 1.86. The summed E-state index contributed by atoms with van der Waals surface area (Å²) in [6.07, 6.45) is 3.67. The summed E-state index contributed by atoms with van der Waals surface area (Å²) >= 11 is 4.85. The summed E-state index contributed by atoms with van der Waals surface area (Å²) < 4.78 is 2.71. The first kappa shape index (κ1) is 12.4. The van der Waals surface area contributed by atoms with Gasteiger partial charge in [-0.05, 0) is 12.1 Å². The Balaban J connectivity index is 1.95. The van der Waals surface area contributed by atoms with Crippen molar-refractivity contribution in [1.29, 1.82) is 0 Å². The van der Waals surface area contributed by atoms with Crippen LogP contribution in [0.3, 0.4) is 0 Å². The molecule has 2 aromatic rings. The minimum Gasteiger partial charge on any atom is -0.293 e. The fourth-order valence-corrected chi connectivity index (χ4v) is 2.42. The van der Waals surface area contributed by atoms with Crippen molar-refractivity contribution in [3.8, 4) is 0 Å². The molecule has 17 heavy (non-hydrogen) atoms. The third kappa shape index (κ3) is 3.44. The predicted molar refractivity (Wildman–Crippen MR) is 72.4 cm³/mol. The second kappa shape index (κ2) is 5.51. The van der Waals surface area contributed by atoms with E-state index in [0.717, 1.165) is 14.9 Å². The zero-order valence-corrected chi connectivity index (χ0v) is 11.7. The van der Waals surface area contributed by atoms with Crippen LogP contribution in [0.4, 0.5) is 0 Å². The highest BCUT2D eigenvalue weighted by Gasteiger charge is 2.07. The van der Waals surface area contributed by atoms with Crippen molar-refractivity contribution in [2.45, 2.75) is 4.90 Å². The van der Waals surface area contributed by atoms with Gasteiger partial charge in [0.25, 0.3) is 0 Å². The number of hydrogen-bond acceptors (Lipinski definition) is 3. The minimum absolute atomic E-state index is 0.131. The third-order valence-electron chi connectivity index (χ3n) is 2.22. The molecular formula is C12H11BrN2OS. The molecule has 0 aliphatic heterocycles. The van der Waals surface area contributed by atoms with E-state index in [-0.39, 0.29) is 5.78 Å². The molecule has 0 saturated heterocycles. The van der Waals surface area contributed by atoms with E-state index in [1.54, 1.807) is 10.9 Å². The van der Waals surface area contributed by atoms with Crippen LogP contribution in [0.5, 0.6) is 0 Å². The first-order valence-corrected chi connectivity index (χ1v) is 6.83. The minimum atomic E-state index is 0.131. The number of benzene rings is 1. The largest absolute Gasteiger partial charge is 0.293 e. The van der Waals surface area contributed by atoms with Crippen LogP contribution < -0.4 is 0 Å². The molecule has 0 radical (unpaired) electrons. The highest BCUT2D eigenvalue weighted by molar-refractivity contribution is 9.10. The number of hydrogen-bond donors (Lipinski definition) is 0. The van der Waals surface area contributed by atoms with E-state index in [2.05, 4.69) is 21.0 Å². The molecule has 0 N–H and O–H groups in total. The van der Waals surface area contributed by atoms with Crippen molar-refractivity contribution < 1.29 is 4.79 Å². The summed E-state index contributed by atoms with van der Waals surface area (Å²) in [5, 5.41) is 4.06. The van der Waals surface area contributed by atoms with Crippen LogP contribution >= 0.6 is 27.7 Å². The number of ketones is 1. The molecule has 88 valence electrons. The summed E-state index contributed by atoms with van der Waals surface area (Å²) in [6, 6.07) is 7.41. The van der Waals surface area contributed by atoms with Gasteiger partial charge in [-0.3, -0.25) is 9.48 Å². The molecule has 0 atom stereocenters. The maximum atomic E-state index is 11.9. The van der Waals surface area contributed by atoms with Gasteiger partial charge in [-0.1, -0.05) is 28.1 Å². The van der Waals surface area contributed by atoms with E-state index in [9.17, 15) is 4.79 Å². The van der Waals surface area contributed by atoms with Gasteiger partial charge in [-0.2, -0.15) is 5.10 Å². The van der Waals surface area contributed by atoms with Crippen LogP contribution in [0.1, 0.15) is 10.4 Å². The highest BCUT2D eigenvalue weighted by Crippen LogP contribution is 2.18. The smallest absolute Gasteiger partial charge is 0.173 e. The molecule has 0 saturated carbocycles. The Morgan fingerprint density at radius 3 is 2.71 bits per heavy atom. The zero-order chi connectivity index (χ0) is 12.3. The fourth-order valence-electron chi connectivity index (χ4n) is 1.34. The molecule has 0 spiro atoms. The quantitative estimate of drug-likeness (QED) is 0.642. The van der Waals surface area contributed by atoms with Crippen LogP contribution in [0, 0.1) is 0 Å². The molecule has 0 aliphatic rings. The maximum absolute atomic E-state index is 11.9. The Bertz CT molecular complexity index is 522. The van der Waals surface area contributed by atoms with Gasteiger partial charge in [0.2, 0.25) is 0 Å². The molecule has 1 aromatic carbocycles. The van der Waals surface area contributed by atoms with E-state index in [0.29, 0.717) is 5.75 Å². The van der Waals surface area contributed by atoms with Gasteiger partial charge < -0.3 is 0 Å². The van der Waals surface area contributed by atoms with Crippen LogP contribution in [0.15, 0.2) is 46.0 Å². The van der Waals surface area contributed by atoms with Crippen LogP contribution in [0.2, 0.25) is 0 Å². The number of Topliss-reactive ketones (excluding diaryl/α,β-unsaturated/α-hetero) is 1. The lowest BCUT2D eigenvalue weighted by Crippen LogP contribution is -2.01. The van der Waals surface area contributed by atoms with Gasteiger partial charge in [-0.15, -0.1) is 11.8 Å². The normalized spacial score (nSPS) is 10.5. The van der Waals surface area contributed by atoms with Crippen molar-refractivity contribution >= 4 is 33.5 Å². The number of thioether (sulfide) groups is 1. The van der Waals surface area contributed by atoms with Gasteiger partial charge in [-0.25, -0.2) is 0 Å². The lowest BCUT2D eigenvalue weighted by molar-refractivity contribution is 0.102. The van der Waals surface area contributed by atoms with Gasteiger partial charge in [0, 0.05) is 28.2 Å². The van der Waals surface area contributed by atoms with Crippen molar-refractivity contribution in [3.63, 3.8) is 0 Å². The van der Waals surface area contributed by atoms with Crippen molar-refractivity contribution in [1.82, 2.24) is 9.78 Å². The molecule has 2 rings (SSSR count). The summed E-state index contributed by atoms with van der Waals surface area (Å²) in [4.78, 5) is 12.9. The average molecular weight is 311 g/mol. The monoisotopic (exact) mass is 310 g/mol. The Kier molecular flexibility index (Phi) is 4.02. The number of carbonyl (C=O) groups is 1. The number of aryl methyl sites for hydroxylation is 1. The zero-order valence-electron chi connectivity index (χ0n) is 9.26. The second-order valence-corrected chi connectivity index (χ2v) is 5.53. The Morgan fingerprint density at radius 2 is 2.12 bits per heavy atom. The SMILES string of the molecule is Cn1cc(SCC(=O)c2ccc(Br)cc2)cn1. The predicted octanol–water partition coefficient (Wildman–Crippen LogP) is 3.16. The average Bonchev–Trinajstić information content (AvgIpc) is 2.73. The Labute approximate surface area is 112 Å². The summed E-state index contributed by atoms with van der Waals surface area (Å²) in [5.41, 5.74) is 0.740. The fraction of sp³-hybridized carbons (Fsp3) is 0.167. The molecular weight excluding hydrogens is 300 g/mol. The number of halogens is 1. The number of aromatic nitrogens is 2. The van der Waals surface area contributed by atoms with E-state index in [1.165, 1.54) is 11.8 Å². The van der Waals surface area contributed by atoms with Crippen molar-refractivity contribution in [3.05, 3.63) is 46.7 Å². The highest BCUT2D eigenvalue weighted by atomic mass is 79.9. The first-order valence-electron chi connectivity index (χ1n) is 5.05. The van der Waals surface area contributed by atoms with E-state index in [4.69, 9.17) is 0 Å². The van der Waals surface area contributed by atoms with Crippen molar-refractivity contribution in [2.24, 2.45) is 7.05 Å². The summed E-state index contributed by atoms with van der Waals surface area (Å²) in [5.74, 6) is 0.569. The van der Waals surface area contributed by atoms with Crippen LogP contribution in [-0.2, 0) is 7.05 Å². The van der Waals surface area contributed by atoms with Gasteiger partial charge >= 0.3 is 0 Å². The molecule has 5 heteroatoms. The van der Waals surface area contributed by atoms with Crippen molar-refractivity contribution in [2.75, 3.05) is 5.75 Å². The van der Waals surface area contributed by atoms with Gasteiger partial charge in [0.05, 0.1) is 11.9 Å². The number of rotatable bonds is 4. The standard InChI is InChI=1S/C12H11BrN2OS/c1-15-7-11(6-14-15)17-8-12(16)9-2-4-10(13)5-3-9/h2-7H,8H2,1H3. The Morgan fingerprint density at radius 1 is 1.41 bits per heavy atom. The molecule has 0 unspecified atom stereocenters. The second-order valence-electron chi connectivity index (χ2n) is 3.57.